The van der Waals surface area contributed by atoms with Gasteiger partial charge in [-0.15, -0.1) is 0 Å². The number of amides is 3. The molecule has 4 atom stereocenters. The van der Waals surface area contributed by atoms with E-state index in [1.165, 1.54) is 0 Å². The average Bonchev–Trinajstić information content (AvgIpc) is 2.91. The molecule has 2 bridgehead atoms. The van der Waals surface area contributed by atoms with Crippen LogP contribution >= 0.6 is 0 Å². The highest BCUT2D eigenvalue weighted by Gasteiger charge is 2.64. The third kappa shape index (κ3) is 1.41. The largest absolute Gasteiger partial charge is 0.446 e. The van der Waals surface area contributed by atoms with E-state index in [2.05, 4.69) is 0 Å². The molecule has 0 aromatic heterocycles. The van der Waals surface area contributed by atoms with Crippen LogP contribution in [0.15, 0.2) is 0 Å². The van der Waals surface area contributed by atoms with E-state index >= 15 is 0 Å². The number of imide groups is 3. The predicted octanol–water partition coefficient (Wildman–Crippen LogP) is 0.694. The van der Waals surface area contributed by atoms with E-state index in [1.54, 1.807) is 13.8 Å². The summed E-state index contributed by atoms with van der Waals surface area (Å²) in [4.78, 5) is 36.7. The van der Waals surface area contributed by atoms with E-state index in [0.29, 0.717) is 4.90 Å². The van der Waals surface area contributed by atoms with Crippen LogP contribution in [-0.4, -0.2) is 41.1 Å². The van der Waals surface area contributed by atoms with Gasteiger partial charge in [0.2, 0.25) is 11.8 Å². The minimum Gasteiger partial charge on any atom is -0.446 e. The van der Waals surface area contributed by atoms with Gasteiger partial charge in [-0.05, 0) is 26.7 Å². The standard InChI is InChI=1S/C12H15NO5/c1-5(2)17-12(16)13-10(14)8-6-3-4-7(18-6)9(8)11(13)15/h5-9H,3-4H2,1-2H3/t6-,7+,8-,9+. The summed E-state index contributed by atoms with van der Waals surface area (Å²) in [7, 11) is 0. The van der Waals surface area contributed by atoms with Gasteiger partial charge < -0.3 is 9.47 Å². The average molecular weight is 253 g/mol. The van der Waals surface area contributed by atoms with Crippen molar-refractivity contribution >= 4 is 17.9 Å². The minimum atomic E-state index is -0.853. The lowest BCUT2D eigenvalue weighted by molar-refractivity contribution is -0.140. The molecule has 3 aliphatic rings. The van der Waals surface area contributed by atoms with Crippen LogP contribution in [0, 0.1) is 11.8 Å². The number of fused-ring (bicyclic) bond motifs is 5. The van der Waals surface area contributed by atoms with Gasteiger partial charge in [0.1, 0.15) is 0 Å². The zero-order chi connectivity index (χ0) is 13.0. The van der Waals surface area contributed by atoms with Crippen molar-refractivity contribution < 1.29 is 23.9 Å². The Hall–Kier alpha value is -1.43. The van der Waals surface area contributed by atoms with Gasteiger partial charge in [-0.25, -0.2) is 4.79 Å². The second kappa shape index (κ2) is 3.78. The first-order valence-electron chi connectivity index (χ1n) is 6.24. The normalized spacial score (nSPS) is 37.6. The summed E-state index contributed by atoms with van der Waals surface area (Å²) in [6.07, 6.45) is -0.0301. The van der Waals surface area contributed by atoms with Crippen molar-refractivity contribution in [3.8, 4) is 0 Å². The van der Waals surface area contributed by atoms with Gasteiger partial charge in [-0.1, -0.05) is 0 Å². The zero-order valence-electron chi connectivity index (χ0n) is 10.3. The Kier molecular flexibility index (Phi) is 2.45. The number of nitrogens with zero attached hydrogens (tertiary/aromatic N) is 1. The Labute approximate surface area is 104 Å². The molecule has 3 fully saturated rings. The number of ether oxygens (including phenoxy) is 2. The molecule has 98 valence electrons. The van der Waals surface area contributed by atoms with Crippen LogP contribution in [0.25, 0.3) is 0 Å². The third-order valence-corrected chi connectivity index (χ3v) is 3.80. The van der Waals surface area contributed by atoms with Crippen molar-refractivity contribution in [1.29, 1.82) is 0 Å². The minimum absolute atomic E-state index is 0.201. The maximum Gasteiger partial charge on any atom is 0.423 e. The first-order chi connectivity index (χ1) is 8.50. The molecule has 0 saturated carbocycles. The summed E-state index contributed by atoms with van der Waals surface area (Å²) >= 11 is 0. The Balaban J connectivity index is 1.84. The van der Waals surface area contributed by atoms with E-state index in [1.807, 2.05) is 0 Å². The van der Waals surface area contributed by atoms with E-state index in [0.717, 1.165) is 12.8 Å². The molecular formula is C12H15NO5. The summed E-state index contributed by atoms with van der Waals surface area (Å²) in [5, 5.41) is 0. The predicted molar refractivity (Wildman–Crippen MR) is 58.3 cm³/mol. The molecule has 0 aliphatic carbocycles. The van der Waals surface area contributed by atoms with Gasteiger partial charge in [0, 0.05) is 0 Å². The summed E-state index contributed by atoms with van der Waals surface area (Å²) in [6.45, 7) is 3.35. The quantitative estimate of drug-likeness (QED) is 0.643. The first kappa shape index (κ1) is 11.6. The molecule has 3 aliphatic heterocycles. The van der Waals surface area contributed by atoms with Crippen LogP contribution in [0.1, 0.15) is 26.7 Å². The molecular weight excluding hydrogens is 238 g/mol. The fourth-order valence-electron chi connectivity index (χ4n) is 3.15. The molecule has 0 aromatic carbocycles. The van der Waals surface area contributed by atoms with Crippen molar-refractivity contribution in [2.45, 2.75) is 45.0 Å². The molecule has 3 heterocycles. The van der Waals surface area contributed by atoms with Crippen LogP contribution in [0.5, 0.6) is 0 Å². The molecule has 0 unspecified atom stereocenters. The van der Waals surface area contributed by atoms with Crippen molar-refractivity contribution in [2.75, 3.05) is 0 Å². The van der Waals surface area contributed by atoms with Crippen LogP contribution in [0.2, 0.25) is 0 Å². The van der Waals surface area contributed by atoms with Crippen LogP contribution in [0.4, 0.5) is 4.79 Å². The lowest BCUT2D eigenvalue weighted by Gasteiger charge is -2.16. The maximum absolute atomic E-state index is 12.1. The van der Waals surface area contributed by atoms with Crippen LogP contribution in [0.3, 0.4) is 0 Å². The van der Waals surface area contributed by atoms with Crippen molar-refractivity contribution in [3.63, 3.8) is 0 Å². The van der Waals surface area contributed by atoms with Gasteiger partial charge in [0.15, 0.2) is 0 Å². The summed E-state index contributed by atoms with van der Waals surface area (Å²) in [5.41, 5.74) is 0. The maximum atomic E-state index is 12.1. The highest BCUT2D eigenvalue weighted by molar-refractivity contribution is 6.16. The van der Waals surface area contributed by atoms with E-state index < -0.39 is 29.7 Å². The molecule has 6 nitrogen and oxygen atoms in total. The van der Waals surface area contributed by atoms with Gasteiger partial charge in [0.25, 0.3) is 0 Å². The summed E-state index contributed by atoms with van der Waals surface area (Å²) in [5.74, 6) is -1.86. The molecule has 3 amide bonds. The number of carbonyl (C=O) groups is 3. The Morgan fingerprint density at radius 1 is 1.22 bits per heavy atom. The molecule has 3 saturated heterocycles. The molecule has 6 heteroatoms. The highest BCUT2D eigenvalue weighted by atomic mass is 16.6. The third-order valence-electron chi connectivity index (χ3n) is 3.80. The fourth-order valence-corrected chi connectivity index (χ4v) is 3.15. The highest BCUT2D eigenvalue weighted by Crippen LogP contribution is 2.48. The fraction of sp³-hybridized carbons (Fsp3) is 0.750. The molecule has 0 radical (unpaired) electrons. The Morgan fingerprint density at radius 2 is 1.72 bits per heavy atom. The Morgan fingerprint density at radius 3 is 2.17 bits per heavy atom. The van der Waals surface area contributed by atoms with E-state index in [9.17, 15) is 14.4 Å². The van der Waals surface area contributed by atoms with Crippen LogP contribution < -0.4 is 0 Å². The number of carbonyl (C=O) groups excluding carboxylic acids is 3. The Bertz CT molecular complexity index is 404. The van der Waals surface area contributed by atoms with Crippen molar-refractivity contribution in [1.82, 2.24) is 4.90 Å². The second-order valence-corrected chi connectivity index (χ2v) is 5.29. The number of rotatable bonds is 1. The van der Waals surface area contributed by atoms with Crippen LogP contribution in [-0.2, 0) is 19.1 Å². The molecule has 18 heavy (non-hydrogen) atoms. The lowest BCUT2D eigenvalue weighted by atomic mass is 9.81. The number of hydrogen-bond donors (Lipinski definition) is 0. The van der Waals surface area contributed by atoms with E-state index in [4.69, 9.17) is 9.47 Å². The van der Waals surface area contributed by atoms with Gasteiger partial charge >= 0.3 is 6.09 Å². The van der Waals surface area contributed by atoms with Crippen molar-refractivity contribution in [3.05, 3.63) is 0 Å². The van der Waals surface area contributed by atoms with Gasteiger partial charge in [-0.2, -0.15) is 4.90 Å². The van der Waals surface area contributed by atoms with Gasteiger partial charge in [-0.3, -0.25) is 9.59 Å². The molecule has 0 N–H and O–H groups in total. The zero-order valence-corrected chi connectivity index (χ0v) is 10.3. The topological polar surface area (TPSA) is 72.9 Å². The number of likely N-dealkylation sites (tertiary alicyclic amines) is 1. The lowest BCUT2D eigenvalue weighted by Crippen LogP contribution is -2.40. The summed E-state index contributed by atoms with van der Waals surface area (Å²) in [6, 6.07) is 0. The van der Waals surface area contributed by atoms with Crippen molar-refractivity contribution in [2.24, 2.45) is 11.8 Å². The molecule has 0 spiro atoms. The first-order valence-corrected chi connectivity index (χ1v) is 6.24. The van der Waals surface area contributed by atoms with E-state index in [-0.39, 0.29) is 18.3 Å². The van der Waals surface area contributed by atoms with Gasteiger partial charge in [0.05, 0.1) is 30.1 Å². The number of hydrogen-bond acceptors (Lipinski definition) is 5. The molecule has 0 aromatic rings. The molecule has 3 rings (SSSR count). The summed E-state index contributed by atoms with van der Waals surface area (Å²) < 4.78 is 10.5. The second-order valence-electron chi connectivity index (χ2n) is 5.29. The SMILES string of the molecule is CC(C)OC(=O)N1C(=O)[C@@H]2[C@H](C1=O)[C@H]1CC[C@@H]2O1. The monoisotopic (exact) mass is 253 g/mol. The smallest absolute Gasteiger partial charge is 0.423 e.